The molecule has 0 heterocycles. The molecule has 186 valence electrons. The minimum atomic E-state index is -1.14. The van der Waals surface area contributed by atoms with Crippen molar-refractivity contribution < 1.29 is 24.3 Å². The van der Waals surface area contributed by atoms with E-state index in [-0.39, 0.29) is 24.5 Å². The molecule has 12 heteroatoms. The Hall–Kier alpha value is -1.50. The normalized spacial score (nSPS) is 14.8. The van der Waals surface area contributed by atoms with Crippen LogP contribution in [0.3, 0.4) is 0 Å². The molecule has 0 aliphatic heterocycles. The molecule has 0 bridgehead atoms. The van der Waals surface area contributed by atoms with E-state index in [1.54, 1.807) is 11.8 Å². The molecular formula is C20H39N5O5S2. The summed E-state index contributed by atoms with van der Waals surface area (Å²) in [5.41, 5.74) is 11.4. The molecule has 0 rings (SSSR count). The topological polar surface area (TPSA) is 177 Å². The van der Waals surface area contributed by atoms with Crippen molar-refractivity contribution in [3.63, 3.8) is 0 Å². The van der Waals surface area contributed by atoms with Gasteiger partial charge in [0.2, 0.25) is 17.7 Å². The summed E-state index contributed by atoms with van der Waals surface area (Å²) >= 11 is 5.69. The number of hydrogen-bond acceptors (Lipinski definition) is 8. The Morgan fingerprint density at radius 3 is 2.00 bits per heavy atom. The van der Waals surface area contributed by atoms with Crippen LogP contribution in [0.5, 0.6) is 0 Å². The molecule has 32 heavy (non-hydrogen) atoms. The second-order valence-electron chi connectivity index (χ2n) is 8.01. The van der Waals surface area contributed by atoms with Gasteiger partial charge >= 0.3 is 5.97 Å². The van der Waals surface area contributed by atoms with Crippen LogP contribution >= 0.6 is 24.4 Å². The van der Waals surface area contributed by atoms with Gasteiger partial charge in [-0.15, -0.1) is 0 Å². The number of aliphatic carboxylic acids is 1. The Kier molecular flexibility index (Phi) is 16.2. The number of hydrogen-bond donors (Lipinski definition) is 7. The van der Waals surface area contributed by atoms with E-state index in [2.05, 4.69) is 28.6 Å². The van der Waals surface area contributed by atoms with Gasteiger partial charge in [-0.2, -0.15) is 24.4 Å². The molecule has 4 unspecified atom stereocenters. The molecule has 0 saturated heterocycles. The van der Waals surface area contributed by atoms with Crippen LogP contribution in [0.2, 0.25) is 0 Å². The highest BCUT2D eigenvalue weighted by Crippen LogP contribution is 2.08. The predicted molar refractivity (Wildman–Crippen MR) is 131 cm³/mol. The van der Waals surface area contributed by atoms with E-state index in [0.717, 1.165) is 0 Å². The summed E-state index contributed by atoms with van der Waals surface area (Å²) in [4.78, 5) is 49.3. The molecule has 0 aromatic carbocycles. The molecule has 10 nitrogen and oxygen atoms in total. The Labute approximate surface area is 200 Å². The Morgan fingerprint density at radius 1 is 0.938 bits per heavy atom. The fourth-order valence-electron chi connectivity index (χ4n) is 2.85. The van der Waals surface area contributed by atoms with Crippen molar-refractivity contribution in [2.45, 2.75) is 70.1 Å². The van der Waals surface area contributed by atoms with Gasteiger partial charge < -0.3 is 32.5 Å². The number of unbranched alkanes of at least 4 members (excludes halogenated alkanes) is 1. The van der Waals surface area contributed by atoms with E-state index in [9.17, 15) is 24.3 Å². The minimum Gasteiger partial charge on any atom is -0.480 e. The van der Waals surface area contributed by atoms with E-state index in [1.807, 2.05) is 20.1 Å². The first-order valence-corrected chi connectivity index (χ1v) is 12.8. The maximum atomic E-state index is 12.8. The molecule has 0 saturated carbocycles. The van der Waals surface area contributed by atoms with Crippen LogP contribution in [0.25, 0.3) is 0 Å². The number of amides is 3. The Balaban J connectivity index is 5.22. The average Bonchev–Trinajstić information content (AvgIpc) is 2.73. The first kappa shape index (κ1) is 30.5. The third kappa shape index (κ3) is 12.5. The van der Waals surface area contributed by atoms with E-state index >= 15 is 0 Å². The summed E-state index contributed by atoms with van der Waals surface area (Å²) < 4.78 is 0. The van der Waals surface area contributed by atoms with Crippen molar-refractivity contribution >= 4 is 48.1 Å². The lowest BCUT2D eigenvalue weighted by atomic mass is 10.0. The minimum absolute atomic E-state index is 0.00899. The Bertz CT molecular complexity index is 609. The van der Waals surface area contributed by atoms with Crippen molar-refractivity contribution in [3.8, 4) is 0 Å². The monoisotopic (exact) mass is 493 g/mol. The number of carboxylic acids is 1. The number of carboxylic acid groups (broad SMARTS) is 1. The molecule has 8 N–H and O–H groups in total. The largest absolute Gasteiger partial charge is 0.480 e. The summed E-state index contributed by atoms with van der Waals surface area (Å²) in [5.74, 6) is -2.02. The lowest BCUT2D eigenvalue weighted by Gasteiger charge is -2.25. The fraction of sp³-hybridized carbons (Fsp3) is 0.800. The van der Waals surface area contributed by atoms with Crippen molar-refractivity contribution in [2.24, 2.45) is 17.4 Å². The first-order chi connectivity index (χ1) is 15.1. The average molecular weight is 494 g/mol. The van der Waals surface area contributed by atoms with E-state index < -0.39 is 47.9 Å². The zero-order chi connectivity index (χ0) is 24.7. The molecule has 4 atom stereocenters. The first-order valence-electron chi connectivity index (χ1n) is 10.8. The number of nitrogens with two attached hydrogens (primary N) is 2. The molecule has 0 aliphatic rings. The van der Waals surface area contributed by atoms with Gasteiger partial charge in [0.1, 0.15) is 18.1 Å². The summed E-state index contributed by atoms with van der Waals surface area (Å²) in [7, 11) is 0. The van der Waals surface area contributed by atoms with E-state index in [1.165, 1.54) is 0 Å². The molecule has 0 fully saturated rings. The lowest BCUT2D eigenvalue weighted by Crippen LogP contribution is -2.57. The molecule has 0 radical (unpaired) electrons. The van der Waals surface area contributed by atoms with Crippen LogP contribution in [-0.2, 0) is 19.2 Å². The molecule has 0 aromatic heterocycles. The SMILES string of the molecule is CSCCC(N)C(=O)NC(CS)C(=O)NC(CCCCN)C(=O)NC(CC(C)C)C(=O)O. The van der Waals surface area contributed by atoms with Crippen LogP contribution in [0.1, 0.15) is 46.0 Å². The van der Waals surface area contributed by atoms with E-state index in [0.29, 0.717) is 31.6 Å². The van der Waals surface area contributed by atoms with Gasteiger partial charge in [0.05, 0.1) is 6.04 Å². The smallest absolute Gasteiger partial charge is 0.326 e. The Morgan fingerprint density at radius 2 is 1.50 bits per heavy atom. The zero-order valence-electron chi connectivity index (χ0n) is 19.1. The zero-order valence-corrected chi connectivity index (χ0v) is 20.8. The van der Waals surface area contributed by atoms with Crippen molar-refractivity contribution in [3.05, 3.63) is 0 Å². The summed E-state index contributed by atoms with van der Waals surface area (Å²) in [6, 6.07) is -3.77. The molecule has 0 aliphatic carbocycles. The van der Waals surface area contributed by atoms with Gasteiger partial charge in [0, 0.05) is 5.75 Å². The second-order valence-corrected chi connectivity index (χ2v) is 9.36. The predicted octanol–water partition coefficient (Wildman–Crippen LogP) is -0.289. The van der Waals surface area contributed by atoms with Crippen LogP contribution in [0.15, 0.2) is 0 Å². The van der Waals surface area contributed by atoms with Gasteiger partial charge in [-0.05, 0) is 56.6 Å². The maximum absolute atomic E-state index is 12.8. The number of thiol groups is 1. The van der Waals surface area contributed by atoms with Crippen molar-refractivity contribution in [1.82, 2.24) is 16.0 Å². The lowest BCUT2D eigenvalue weighted by molar-refractivity contribution is -0.142. The van der Waals surface area contributed by atoms with E-state index in [4.69, 9.17) is 11.5 Å². The standard InChI is InChI=1S/C20H39N5O5S2/c1-12(2)10-15(20(29)30)24-18(27)14(6-4-5-8-21)23-19(28)16(11-31)25-17(26)13(22)7-9-32-3/h12-16,31H,4-11,21-22H2,1-3H3,(H,23,28)(H,24,27)(H,25,26)(H,29,30). The second kappa shape index (κ2) is 17.0. The third-order valence-corrected chi connectivity index (χ3v) is 5.70. The quantitative estimate of drug-likeness (QED) is 0.107. The summed E-state index contributed by atoms with van der Waals surface area (Å²) in [6.07, 6.45) is 4.11. The van der Waals surface area contributed by atoms with Crippen LogP contribution in [0.4, 0.5) is 0 Å². The van der Waals surface area contributed by atoms with Crippen LogP contribution in [-0.4, -0.2) is 77.3 Å². The number of carbonyl (C=O) groups excluding carboxylic acids is 3. The maximum Gasteiger partial charge on any atom is 0.326 e. The summed E-state index contributed by atoms with van der Waals surface area (Å²) in [6.45, 7) is 4.13. The van der Waals surface area contributed by atoms with Crippen LogP contribution in [0, 0.1) is 5.92 Å². The van der Waals surface area contributed by atoms with Gasteiger partial charge in [-0.3, -0.25) is 14.4 Å². The fourth-order valence-corrected chi connectivity index (χ4v) is 3.59. The van der Waals surface area contributed by atoms with Gasteiger partial charge in [-0.1, -0.05) is 13.8 Å². The van der Waals surface area contributed by atoms with Gasteiger partial charge in [0.15, 0.2) is 0 Å². The summed E-state index contributed by atoms with van der Waals surface area (Å²) in [5, 5.41) is 17.1. The van der Waals surface area contributed by atoms with Crippen molar-refractivity contribution in [1.29, 1.82) is 0 Å². The molecule has 0 spiro atoms. The van der Waals surface area contributed by atoms with Crippen molar-refractivity contribution in [2.75, 3.05) is 24.3 Å². The number of thioether (sulfide) groups is 1. The third-order valence-electron chi connectivity index (χ3n) is 4.69. The van der Waals surface area contributed by atoms with Gasteiger partial charge in [0.25, 0.3) is 0 Å². The number of rotatable bonds is 17. The molecule has 0 aromatic rings. The van der Waals surface area contributed by atoms with Gasteiger partial charge in [-0.25, -0.2) is 4.79 Å². The molecular weight excluding hydrogens is 454 g/mol. The number of nitrogens with one attached hydrogen (secondary N) is 3. The molecule has 3 amide bonds. The highest BCUT2D eigenvalue weighted by atomic mass is 32.2. The highest BCUT2D eigenvalue weighted by molar-refractivity contribution is 7.98. The highest BCUT2D eigenvalue weighted by Gasteiger charge is 2.29. The van der Waals surface area contributed by atoms with Crippen LogP contribution < -0.4 is 27.4 Å². The number of carbonyl (C=O) groups is 4.